The molecule has 130 valence electrons. The fourth-order valence-corrected chi connectivity index (χ4v) is 3.68. The molecule has 0 bridgehead atoms. The third-order valence-corrected chi connectivity index (χ3v) is 5.26. The molecule has 1 saturated heterocycles. The summed E-state index contributed by atoms with van der Waals surface area (Å²) in [6, 6.07) is 8.05. The first-order valence-electron chi connectivity index (χ1n) is 8.16. The van der Waals surface area contributed by atoms with Gasteiger partial charge in [-0.3, -0.25) is 4.90 Å². The summed E-state index contributed by atoms with van der Waals surface area (Å²) < 4.78 is 5.48. The Bertz CT molecular complexity index is 619. The minimum Gasteiger partial charge on any atom is -0.468 e. The van der Waals surface area contributed by atoms with E-state index in [2.05, 4.69) is 27.7 Å². The van der Waals surface area contributed by atoms with E-state index in [4.69, 9.17) is 4.42 Å². The Morgan fingerprint density at radius 1 is 1.29 bits per heavy atom. The molecule has 24 heavy (non-hydrogen) atoms. The molecule has 1 fully saturated rings. The zero-order chi connectivity index (χ0) is 16.9. The summed E-state index contributed by atoms with van der Waals surface area (Å²) >= 11 is 1.75. The molecule has 0 spiro atoms. The lowest BCUT2D eigenvalue weighted by atomic mass is 10.2. The zero-order valence-corrected chi connectivity index (χ0v) is 15.0. The molecule has 3 rings (SSSR count). The number of likely N-dealkylation sites (N-methyl/N-ethyl adjacent to an activating group) is 1. The molecule has 1 N–H and O–H groups in total. The Balaban J connectivity index is 1.49. The molecule has 0 aromatic carbocycles. The van der Waals surface area contributed by atoms with Crippen LogP contribution in [0.2, 0.25) is 0 Å². The van der Waals surface area contributed by atoms with Crippen LogP contribution in [-0.4, -0.2) is 62.7 Å². The molecule has 2 amide bonds. The highest BCUT2D eigenvalue weighted by Crippen LogP contribution is 2.22. The molecule has 1 aliphatic rings. The highest BCUT2D eigenvalue weighted by atomic mass is 32.1. The lowest BCUT2D eigenvalue weighted by molar-refractivity contribution is 0.186. The van der Waals surface area contributed by atoms with Crippen LogP contribution in [0.4, 0.5) is 9.80 Å². The van der Waals surface area contributed by atoms with Crippen molar-refractivity contribution in [1.29, 1.82) is 0 Å². The molecule has 6 nitrogen and oxygen atoms in total. The number of piperazine rings is 1. The van der Waals surface area contributed by atoms with Gasteiger partial charge in [0.15, 0.2) is 0 Å². The van der Waals surface area contributed by atoms with E-state index in [1.807, 2.05) is 36.0 Å². The van der Waals surface area contributed by atoms with Gasteiger partial charge in [-0.15, -0.1) is 11.3 Å². The highest BCUT2D eigenvalue weighted by Gasteiger charge is 2.23. The number of furan rings is 1. The number of urea groups is 1. The van der Waals surface area contributed by atoms with Crippen LogP contribution in [0.25, 0.3) is 0 Å². The summed E-state index contributed by atoms with van der Waals surface area (Å²) in [5.41, 5.74) is 0. The van der Waals surface area contributed by atoms with E-state index < -0.39 is 0 Å². The maximum atomic E-state index is 12.4. The third-order valence-electron chi connectivity index (χ3n) is 4.33. The van der Waals surface area contributed by atoms with Crippen molar-refractivity contribution in [3.8, 4) is 0 Å². The van der Waals surface area contributed by atoms with Crippen LogP contribution in [0.5, 0.6) is 0 Å². The molecular formula is C17H24N4O2S. The number of carbonyl (C=O) groups excluding carboxylic acids is 1. The van der Waals surface area contributed by atoms with Crippen LogP contribution >= 0.6 is 11.3 Å². The van der Waals surface area contributed by atoms with Crippen molar-refractivity contribution in [2.24, 2.45) is 0 Å². The van der Waals surface area contributed by atoms with Gasteiger partial charge in [-0.2, -0.15) is 0 Å². The molecule has 0 aliphatic carbocycles. The molecule has 0 saturated carbocycles. The summed E-state index contributed by atoms with van der Waals surface area (Å²) in [6.45, 7) is 3.78. The number of hydrogen-bond acceptors (Lipinski definition) is 5. The normalized spacial score (nSPS) is 16.5. The van der Waals surface area contributed by atoms with Gasteiger partial charge in [-0.1, -0.05) is 0 Å². The van der Waals surface area contributed by atoms with Crippen molar-refractivity contribution < 1.29 is 9.21 Å². The van der Waals surface area contributed by atoms with E-state index in [1.165, 1.54) is 5.00 Å². The summed E-state index contributed by atoms with van der Waals surface area (Å²) in [5.74, 6) is 0.864. The van der Waals surface area contributed by atoms with Gasteiger partial charge < -0.3 is 19.5 Å². The van der Waals surface area contributed by atoms with Crippen LogP contribution in [-0.2, 0) is 0 Å². The minimum absolute atomic E-state index is 0.000708. The van der Waals surface area contributed by atoms with Gasteiger partial charge in [0.25, 0.3) is 0 Å². The second-order valence-corrected chi connectivity index (χ2v) is 7.03. The summed E-state index contributed by atoms with van der Waals surface area (Å²) in [7, 11) is 3.97. The molecule has 3 heterocycles. The minimum atomic E-state index is -0.000708. The van der Waals surface area contributed by atoms with Crippen LogP contribution < -0.4 is 10.2 Å². The zero-order valence-electron chi connectivity index (χ0n) is 14.1. The van der Waals surface area contributed by atoms with E-state index in [0.29, 0.717) is 6.54 Å². The maximum absolute atomic E-state index is 12.4. The van der Waals surface area contributed by atoms with E-state index in [-0.39, 0.29) is 12.1 Å². The van der Waals surface area contributed by atoms with Crippen LogP contribution in [0.15, 0.2) is 40.3 Å². The van der Waals surface area contributed by atoms with Crippen molar-refractivity contribution >= 4 is 22.4 Å². The lowest BCUT2D eigenvalue weighted by Crippen LogP contribution is -2.52. The molecular weight excluding hydrogens is 324 g/mol. The molecule has 2 aromatic heterocycles. The van der Waals surface area contributed by atoms with E-state index >= 15 is 0 Å². The second kappa shape index (κ2) is 7.72. The van der Waals surface area contributed by atoms with Gasteiger partial charge in [-0.25, -0.2) is 4.79 Å². The Morgan fingerprint density at radius 2 is 2.08 bits per heavy atom. The Labute approximate surface area is 146 Å². The fourth-order valence-electron chi connectivity index (χ4n) is 2.89. The number of carbonyl (C=O) groups is 1. The number of nitrogens with zero attached hydrogens (tertiary/aromatic N) is 3. The number of anilines is 1. The van der Waals surface area contributed by atoms with Gasteiger partial charge in [0, 0.05) is 32.7 Å². The predicted octanol–water partition coefficient (Wildman–Crippen LogP) is 2.48. The van der Waals surface area contributed by atoms with Crippen LogP contribution in [0, 0.1) is 0 Å². The van der Waals surface area contributed by atoms with Gasteiger partial charge in [0.05, 0.1) is 17.3 Å². The first kappa shape index (κ1) is 16.9. The monoisotopic (exact) mass is 348 g/mol. The van der Waals surface area contributed by atoms with Crippen LogP contribution in [0.3, 0.4) is 0 Å². The standard InChI is InChI=1S/C17H24N4O2S/c1-19(2)14(15-5-3-11-23-15)13-18-17(22)21-9-7-20(8-10-21)16-6-4-12-24-16/h3-6,11-12,14H,7-10,13H2,1-2H3,(H,18,22). The Kier molecular flexibility index (Phi) is 5.42. The predicted molar refractivity (Wildman–Crippen MR) is 96.6 cm³/mol. The average Bonchev–Trinajstić information content (AvgIpc) is 3.28. The Hall–Kier alpha value is -1.99. The van der Waals surface area contributed by atoms with Gasteiger partial charge >= 0.3 is 6.03 Å². The van der Waals surface area contributed by atoms with Gasteiger partial charge in [0.1, 0.15) is 5.76 Å². The molecule has 1 unspecified atom stereocenters. The maximum Gasteiger partial charge on any atom is 0.317 e. The molecule has 2 aromatic rings. The Morgan fingerprint density at radius 3 is 2.67 bits per heavy atom. The topological polar surface area (TPSA) is 52.0 Å². The number of rotatable bonds is 5. The summed E-state index contributed by atoms with van der Waals surface area (Å²) in [4.78, 5) is 18.7. The van der Waals surface area contributed by atoms with Crippen LogP contribution in [0.1, 0.15) is 11.8 Å². The average molecular weight is 348 g/mol. The molecule has 1 atom stereocenters. The first-order valence-corrected chi connectivity index (χ1v) is 9.04. The SMILES string of the molecule is CN(C)C(CNC(=O)N1CCN(c2cccs2)CC1)c1ccco1. The largest absolute Gasteiger partial charge is 0.468 e. The van der Waals surface area contributed by atoms with E-state index in [1.54, 1.807) is 17.6 Å². The fraction of sp³-hybridized carbons (Fsp3) is 0.471. The number of nitrogens with one attached hydrogen (secondary N) is 1. The van der Waals surface area contributed by atoms with Crippen molar-refractivity contribution in [3.05, 3.63) is 41.7 Å². The van der Waals surface area contributed by atoms with Gasteiger partial charge in [0.2, 0.25) is 0 Å². The van der Waals surface area contributed by atoms with E-state index in [9.17, 15) is 4.79 Å². The molecule has 1 aliphatic heterocycles. The number of thiophene rings is 1. The number of amides is 2. The summed E-state index contributed by atoms with van der Waals surface area (Å²) in [6.07, 6.45) is 1.66. The van der Waals surface area contributed by atoms with Crippen molar-refractivity contribution in [2.75, 3.05) is 51.7 Å². The van der Waals surface area contributed by atoms with Crippen molar-refractivity contribution in [2.45, 2.75) is 6.04 Å². The number of hydrogen-bond donors (Lipinski definition) is 1. The quantitative estimate of drug-likeness (QED) is 0.902. The molecule has 0 radical (unpaired) electrons. The van der Waals surface area contributed by atoms with Crippen molar-refractivity contribution in [3.63, 3.8) is 0 Å². The lowest BCUT2D eigenvalue weighted by Gasteiger charge is -2.35. The summed E-state index contributed by atoms with van der Waals surface area (Å²) in [5, 5.41) is 6.41. The molecule has 7 heteroatoms. The van der Waals surface area contributed by atoms with E-state index in [0.717, 1.165) is 31.9 Å². The third kappa shape index (κ3) is 3.91. The van der Waals surface area contributed by atoms with Crippen molar-refractivity contribution in [1.82, 2.24) is 15.1 Å². The highest BCUT2D eigenvalue weighted by molar-refractivity contribution is 7.14. The first-order chi connectivity index (χ1) is 11.6. The van der Waals surface area contributed by atoms with Gasteiger partial charge in [-0.05, 0) is 43.7 Å². The second-order valence-electron chi connectivity index (χ2n) is 6.11. The smallest absolute Gasteiger partial charge is 0.317 e.